The quantitative estimate of drug-likeness (QED) is 0.734. The normalized spacial score (nSPS) is 26.7. The zero-order valence-electron chi connectivity index (χ0n) is 12.2. The molecular formula is C15H22N2O4. The fourth-order valence-electron chi connectivity index (χ4n) is 3.00. The first-order valence-corrected chi connectivity index (χ1v) is 7.45. The van der Waals surface area contributed by atoms with Crippen LogP contribution >= 0.6 is 0 Å². The standard InChI is InChI=1S/C15H22N2O4/c1-10(9-17-8-4-7-13(17)18)16-14(19)11-5-2-3-6-12(11)15(20)21/h2-3,10-12H,4-9H2,1H3,(H,16,19)(H,20,21)/t10?,11-,12+/m1/s1. The molecule has 6 nitrogen and oxygen atoms in total. The minimum Gasteiger partial charge on any atom is -0.481 e. The third-order valence-electron chi connectivity index (χ3n) is 4.14. The molecule has 1 fully saturated rings. The maximum absolute atomic E-state index is 12.3. The number of allylic oxidation sites excluding steroid dienone is 2. The summed E-state index contributed by atoms with van der Waals surface area (Å²) in [5.74, 6) is -2.22. The van der Waals surface area contributed by atoms with Crippen molar-refractivity contribution in [1.82, 2.24) is 10.2 Å². The molecule has 2 N–H and O–H groups in total. The minimum absolute atomic E-state index is 0.125. The van der Waals surface area contributed by atoms with Crippen molar-refractivity contribution in [2.45, 2.75) is 38.6 Å². The first kappa shape index (κ1) is 15.5. The Hall–Kier alpha value is -1.85. The van der Waals surface area contributed by atoms with Gasteiger partial charge in [0.1, 0.15) is 0 Å². The van der Waals surface area contributed by atoms with Gasteiger partial charge in [-0.3, -0.25) is 14.4 Å². The Morgan fingerprint density at radius 2 is 2.05 bits per heavy atom. The van der Waals surface area contributed by atoms with Crippen LogP contribution in [0.3, 0.4) is 0 Å². The van der Waals surface area contributed by atoms with E-state index in [1.54, 1.807) is 4.90 Å². The molecule has 116 valence electrons. The molecule has 1 saturated heterocycles. The van der Waals surface area contributed by atoms with E-state index in [2.05, 4.69) is 5.32 Å². The summed E-state index contributed by atoms with van der Waals surface area (Å²) >= 11 is 0. The molecule has 21 heavy (non-hydrogen) atoms. The van der Waals surface area contributed by atoms with Crippen LogP contribution in [-0.2, 0) is 14.4 Å². The lowest BCUT2D eigenvalue weighted by atomic mass is 9.82. The van der Waals surface area contributed by atoms with Crippen LogP contribution in [0, 0.1) is 11.8 Å². The Morgan fingerprint density at radius 3 is 2.62 bits per heavy atom. The fraction of sp³-hybridized carbons (Fsp3) is 0.667. The molecule has 0 saturated carbocycles. The summed E-state index contributed by atoms with van der Waals surface area (Å²) in [4.78, 5) is 36.8. The molecule has 2 aliphatic rings. The lowest BCUT2D eigenvalue weighted by molar-refractivity contribution is -0.147. The number of carboxylic acids is 1. The van der Waals surface area contributed by atoms with E-state index >= 15 is 0 Å². The molecular weight excluding hydrogens is 272 g/mol. The highest BCUT2D eigenvalue weighted by molar-refractivity contribution is 5.85. The second-order valence-corrected chi connectivity index (χ2v) is 5.85. The van der Waals surface area contributed by atoms with Crippen LogP contribution in [0.5, 0.6) is 0 Å². The lowest BCUT2D eigenvalue weighted by Gasteiger charge is -2.27. The number of hydrogen-bond acceptors (Lipinski definition) is 3. The molecule has 0 aromatic rings. The molecule has 1 aliphatic carbocycles. The van der Waals surface area contributed by atoms with Gasteiger partial charge in [-0.05, 0) is 26.2 Å². The van der Waals surface area contributed by atoms with E-state index in [4.69, 9.17) is 0 Å². The molecule has 0 aromatic carbocycles. The molecule has 0 bridgehead atoms. The first-order valence-electron chi connectivity index (χ1n) is 7.45. The molecule has 2 rings (SSSR count). The van der Waals surface area contributed by atoms with Gasteiger partial charge in [-0.25, -0.2) is 0 Å². The second-order valence-electron chi connectivity index (χ2n) is 5.85. The molecule has 2 amide bonds. The smallest absolute Gasteiger partial charge is 0.307 e. The van der Waals surface area contributed by atoms with Gasteiger partial charge in [-0.15, -0.1) is 0 Å². The summed E-state index contributed by atoms with van der Waals surface area (Å²) in [6, 6.07) is -0.167. The van der Waals surface area contributed by atoms with Crippen molar-refractivity contribution in [2.24, 2.45) is 11.8 Å². The van der Waals surface area contributed by atoms with E-state index in [1.807, 2.05) is 19.1 Å². The number of rotatable bonds is 5. The summed E-state index contributed by atoms with van der Waals surface area (Å²) in [6.45, 7) is 3.08. The number of carbonyl (C=O) groups excluding carboxylic acids is 2. The van der Waals surface area contributed by atoms with Crippen LogP contribution in [0.15, 0.2) is 12.2 Å². The Morgan fingerprint density at radius 1 is 1.38 bits per heavy atom. The number of carbonyl (C=O) groups is 3. The van der Waals surface area contributed by atoms with Crippen molar-refractivity contribution >= 4 is 17.8 Å². The molecule has 0 radical (unpaired) electrons. The third kappa shape index (κ3) is 3.83. The first-order chi connectivity index (χ1) is 9.99. The number of hydrogen-bond donors (Lipinski definition) is 2. The van der Waals surface area contributed by atoms with Gasteiger partial charge in [0, 0.05) is 25.6 Å². The molecule has 3 atom stereocenters. The summed E-state index contributed by atoms with van der Waals surface area (Å²) in [5, 5.41) is 12.0. The monoisotopic (exact) mass is 294 g/mol. The van der Waals surface area contributed by atoms with Gasteiger partial charge in [0.05, 0.1) is 11.8 Å². The van der Waals surface area contributed by atoms with Crippen molar-refractivity contribution in [3.63, 3.8) is 0 Å². The number of aliphatic carboxylic acids is 1. The Kier molecular flexibility index (Phi) is 4.98. The number of carboxylic acid groups (broad SMARTS) is 1. The zero-order chi connectivity index (χ0) is 15.4. The maximum Gasteiger partial charge on any atom is 0.307 e. The maximum atomic E-state index is 12.3. The van der Waals surface area contributed by atoms with Crippen molar-refractivity contribution in [2.75, 3.05) is 13.1 Å². The Balaban J connectivity index is 1.89. The topological polar surface area (TPSA) is 86.7 Å². The molecule has 0 spiro atoms. The second kappa shape index (κ2) is 6.74. The van der Waals surface area contributed by atoms with E-state index < -0.39 is 17.8 Å². The van der Waals surface area contributed by atoms with Crippen molar-refractivity contribution in [1.29, 1.82) is 0 Å². The van der Waals surface area contributed by atoms with Crippen LogP contribution in [0.25, 0.3) is 0 Å². The average molecular weight is 294 g/mol. The van der Waals surface area contributed by atoms with E-state index in [1.165, 1.54) is 0 Å². The van der Waals surface area contributed by atoms with Crippen molar-refractivity contribution < 1.29 is 19.5 Å². The van der Waals surface area contributed by atoms with E-state index in [9.17, 15) is 19.5 Å². The van der Waals surface area contributed by atoms with E-state index in [0.717, 1.165) is 13.0 Å². The Bertz CT molecular complexity index is 461. The fourth-order valence-corrected chi connectivity index (χ4v) is 3.00. The van der Waals surface area contributed by atoms with Gasteiger partial charge in [0.25, 0.3) is 0 Å². The van der Waals surface area contributed by atoms with Crippen LogP contribution < -0.4 is 5.32 Å². The zero-order valence-corrected chi connectivity index (χ0v) is 12.2. The highest BCUT2D eigenvalue weighted by atomic mass is 16.4. The van der Waals surface area contributed by atoms with Gasteiger partial charge in [-0.2, -0.15) is 0 Å². The van der Waals surface area contributed by atoms with E-state index in [0.29, 0.717) is 25.8 Å². The molecule has 1 aliphatic heterocycles. The number of likely N-dealkylation sites (tertiary alicyclic amines) is 1. The van der Waals surface area contributed by atoms with Crippen LogP contribution in [0.2, 0.25) is 0 Å². The molecule has 1 unspecified atom stereocenters. The van der Waals surface area contributed by atoms with Gasteiger partial charge in [0.15, 0.2) is 0 Å². The van der Waals surface area contributed by atoms with Gasteiger partial charge < -0.3 is 15.3 Å². The number of nitrogens with zero attached hydrogens (tertiary/aromatic N) is 1. The van der Waals surface area contributed by atoms with Gasteiger partial charge >= 0.3 is 5.97 Å². The predicted octanol–water partition coefficient (Wildman–Crippen LogP) is 0.780. The minimum atomic E-state index is -0.929. The van der Waals surface area contributed by atoms with E-state index in [-0.39, 0.29) is 17.9 Å². The highest BCUT2D eigenvalue weighted by Crippen LogP contribution is 2.26. The van der Waals surface area contributed by atoms with Crippen molar-refractivity contribution in [3.05, 3.63) is 12.2 Å². The third-order valence-corrected chi connectivity index (χ3v) is 4.14. The Labute approximate surface area is 124 Å². The highest BCUT2D eigenvalue weighted by Gasteiger charge is 2.34. The molecule has 0 aromatic heterocycles. The van der Waals surface area contributed by atoms with Crippen LogP contribution in [-0.4, -0.2) is 46.9 Å². The van der Waals surface area contributed by atoms with Gasteiger partial charge in [0.2, 0.25) is 11.8 Å². The summed E-state index contributed by atoms with van der Waals surface area (Å²) < 4.78 is 0. The lowest BCUT2D eigenvalue weighted by Crippen LogP contribution is -2.46. The van der Waals surface area contributed by atoms with Crippen LogP contribution in [0.4, 0.5) is 0 Å². The van der Waals surface area contributed by atoms with Crippen LogP contribution in [0.1, 0.15) is 32.6 Å². The number of nitrogens with one attached hydrogen (secondary N) is 1. The largest absolute Gasteiger partial charge is 0.481 e. The van der Waals surface area contributed by atoms with Crippen molar-refractivity contribution in [3.8, 4) is 0 Å². The number of amides is 2. The summed E-state index contributed by atoms with van der Waals surface area (Å²) in [6.07, 6.45) is 5.97. The average Bonchev–Trinajstić information content (AvgIpc) is 2.84. The molecule has 1 heterocycles. The van der Waals surface area contributed by atoms with Gasteiger partial charge in [-0.1, -0.05) is 12.2 Å². The summed E-state index contributed by atoms with van der Waals surface area (Å²) in [5.41, 5.74) is 0. The molecule has 6 heteroatoms. The SMILES string of the molecule is CC(CN1CCCC1=O)NC(=O)[C@@H]1CC=CC[C@@H]1C(=O)O. The summed E-state index contributed by atoms with van der Waals surface area (Å²) in [7, 11) is 0. The predicted molar refractivity (Wildman–Crippen MR) is 76.4 cm³/mol.